The summed E-state index contributed by atoms with van der Waals surface area (Å²) >= 11 is 0.167. The average molecular weight is 273 g/mol. The first-order valence-electron chi connectivity index (χ1n) is 4.98. The summed E-state index contributed by atoms with van der Waals surface area (Å²) in [4.78, 5) is 0. The minimum atomic E-state index is 0.167. The molecule has 0 N–H and O–H groups in total. The normalized spacial score (nSPS) is 10.1. The summed E-state index contributed by atoms with van der Waals surface area (Å²) in [6.45, 7) is 0. The maximum atomic E-state index is 2.74. The summed E-state index contributed by atoms with van der Waals surface area (Å²) in [6, 6.07) is 20.8. The van der Waals surface area contributed by atoms with Crippen molar-refractivity contribution in [2.24, 2.45) is 0 Å². The average Bonchev–Trinajstić information content (AvgIpc) is 2.31. The van der Waals surface area contributed by atoms with E-state index in [9.17, 15) is 0 Å². The van der Waals surface area contributed by atoms with Crippen LogP contribution in [0.15, 0.2) is 60.7 Å². The third-order valence-corrected chi connectivity index (χ3v) is 1.88. The van der Waals surface area contributed by atoms with Gasteiger partial charge in [0.05, 0.1) is 0 Å². The second kappa shape index (κ2) is 7.63. The Hall–Kier alpha value is -0.611. The Morgan fingerprint density at radius 1 is 0.688 bits per heavy atom. The SMILES string of the molecule is [CH3][Fe]([CH3])[PH2].c1ccc(-c2ccccc2)cc1. The number of rotatable bonds is 1. The van der Waals surface area contributed by atoms with Crippen LogP contribution < -0.4 is 0 Å². The van der Waals surface area contributed by atoms with Crippen LogP contribution in [0.25, 0.3) is 11.1 Å². The van der Waals surface area contributed by atoms with Gasteiger partial charge in [-0.05, 0) is 11.1 Å². The topological polar surface area (TPSA) is 0 Å². The van der Waals surface area contributed by atoms with Gasteiger partial charge in [0.15, 0.2) is 0 Å². The standard InChI is InChI=1S/C12H10.2CH3.Fe.H2P/c1-3-7-11(8-4-1)12-9-5-2-6-10-12;;;;/h1-10H;2*1H3;;1H2/q;;;+1;-1. The molecule has 87 valence electrons. The Morgan fingerprint density at radius 3 is 1.19 bits per heavy atom. The molecular weight excluding hydrogens is 255 g/mol. The summed E-state index contributed by atoms with van der Waals surface area (Å²) in [5, 5.41) is 0. The molecule has 0 saturated carbocycles. The third kappa shape index (κ3) is 5.47. The number of benzene rings is 2. The molecule has 16 heavy (non-hydrogen) atoms. The van der Waals surface area contributed by atoms with Crippen molar-refractivity contribution in [1.29, 1.82) is 0 Å². The molecule has 0 spiro atoms. The molecule has 0 saturated heterocycles. The van der Waals surface area contributed by atoms with E-state index >= 15 is 0 Å². The smallest absolute Gasteiger partial charge is 0.0184 e. The first-order chi connectivity index (χ1) is 7.70. The van der Waals surface area contributed by atoms with Gasteiger partial charge in [-0.25, -0.2) is 0 Å². The van der Waals surface area contributed by atoms with Gasteiger partial charge >= 0.3 is 33.0 Å². The summed E-state index contributed by atoms with van der Waals surface area (Å²) in [7, 11) is 2.74. The van der Waals surface area contributed by atoms with E-state index in [0.29, 0.717) is 0 Å². The van der Waals surface area contributed by atoms with Crippen LogP contribution in [0.5, 0.6) is 0 Å². The first-order valence-corrected chi connectivity index (χ1v) is 9.51. The zero-order chi connectivity index (χ0) is 11.8. The third-order valence-electron chi connectivity index (χ3n) is 1.88. The second-order valence-corrected chi connectivity index (χ2v) is 9.24. The summed E-state index contributed by atoms with van der Waals surface area (Å²) in [6.07, 6.45) is 0. The zero-order valence-corrected chi connectivity index (χ0v) is 12.0. The van der Waals surface area contributed by atoms with E-state index in [-0.39, 0.29) is 13.5 Å². The Morgan fingerprint density at radius 2 is 0.938 bits per heavy atom. The van der Waals surface area contributed by atoms with Gasteiger partial charge in [-0.1, -0.05) is 60.7 Å². The molecule has 0 bridgehead atoms. The van der Waals surface area contributed by atoms with Crippen molar-refractivity contribution < 1.29 is 13.5 Å². The molecule has 0 aromatic heterocycles. The largest absolute Gasteiger partial charge is 0.0622 e. The van der Waals surface area contributed by atoms with Gasteiger partial charge in [0.25, 0.3) is 0 Å². The van der Waals surface area contributed by atoms with E-state index in [2.05, 4.69) is 68.1 Å². The van der Waals surface area contributed by atoms with Crippen LogP contribution in [0.4, 0.5) is 0 Å². The van der Waals surface area contributed by atoms with Crippen LogP contribution in [-0.2, 0) is 13.5 Å². The van der Waals surface area contributed by atoms with Gasteiger partial charge in [0.1, 0.15) is 0 Å². The van der Waals surface area contributed by atoms with Crippen LogP contribution in [0.2, 0.25) is 11.6 Å². The molecule has 2 aromatic carbocycles. The molecule has 0 aliphatic heterocycles. The molecule has 2 rings (SSSR count). The molecular formula is C14H18FeP. The van der Waals surface area contributed by atoms with Gasteiger partial charge in [-0.15, -0.1) is 0 Å². The Balaban J connectivity index is 0.000000280. The maximum absolute atomic E-state index is 2.74. The number of hydrogen-bond donors (Lipinski definition) is 0. The van der Waals surface area contributed by atoms with Crippen molar-refractivity contribution >= 4 is 7.93 Å². The van der Waals surface area contributed by atoms with Crippen LogP contribution in [0.1, 0.15) is 0 Å². The monoisotopic (exact) mass is 273 g/mol. The fourth-order valence-corrected chi connectivity index (χ4v) is 1.26. The molecule has 2 aromatic rings. The Labute approximate surface area is 105 Å². The van der Waals surface area contributed by atoms with E-state index in [1.54, 1.807) is 0 Å². The first kappa shape index (κ1) is 13.5. The molecule has 2 heteroatoms. The molecule has 1 unspecified atom stereocenters. The summed E-state index contributed by atoms with van der Waals surface area (Å²) < 4.78 is 0. The van der Waals surface area contributed by atoms with Crippen LogP contribution >= 0.6 is 7.93 Å². The van der Waals surface area contributed by atoms with Crippen molar-refractivity contribution in [3.8, 4) is 11.1 Å². The van der Waals surface area contributed by atoms with E-state index in [1.165, 1.54) is 11.1 Å². The molecule has 0 aliphatic rings. The predicted molar refractivity (Wildman–Crippen MR) is 73.3 cm³/mol. The molecule has 0 nitrogen and oxygen atoms in total. The van der Waals surface area contributed by atoms with Crippen molar-refractivity contribution in [1.82, 2.24) is 0 Å². The van der Waals surface area contributed by atoms with Crippen LogP contribution in [0, 0.1) is 0 Å². The Kier molecular flexibility index (Phi) is 6.41. The van der Waals surface area contributed by atoms with Crippen molar-refractivity contribution in [3.63, 3.8) is 0 Å². The van der Waals surface area contributed by atoms with E-state index < -0.39 is 0 Å². The van der Waals surface area contributed by atoms with Crippen molar-refractivity contribution in [2.45, 2.75) is 11.6 Å². The molecule has 0 fully saturated rings. The molecule has 0 heterocycles. The van der Waals surface area contributed by atoms with Gasteiger partial charge in [-0.2, -0.15) is 0 Å². The second-order valence-electron chi connectivity index (χ2n) is 3.49. The molecule has 0 aliphatic carbocycles. The minimum absolute atomic E-state index is 0.167. The fourth-order valence-electron chi connectivity index (χ4n) is 1.26. The summed E-state index contributed by atoms with van der Waals surface area (Å²) in [5.74, 6) is 4.43. The predicted octanol–water partition coefficient (Wildman–Crippen LogP) is 4.84. The minimum Gasteiger partial charge on any atom is -0.0622 e. The molecule has 0 amide bonds. The van der Waals surface area contributed by atoms with Gasteiger partial charge < -0.3 is 0 Å². The molecule has 1 atom stereocenters. The van der Waals surface area contributed by atoms with E-state index in [4.69, 9.17) is 0 Å². The zero-order valence-electron chi connectivity index (χ0n) is 9.70. The van der Waals surface area contributed by atoms with Crippen molar-refractivity contribution in [3.05, 3.63) is 60.7 Å². The summed E-state index contributed by atoms with van der Waals surface area (Å²) in [5.41, 5.74) is 2.55. The van der Waals surface area contributed by atoms with Crippen molar-refractivity contribution in [2.75, 3.05) is 0 Å². The quantitative estimate of drug-likeness (QED) is 0.515. The fraction of sp³-hybridized carbons (Fsp3) is 0.143. The maximum Gasteiger partial charge on any atom is -0.0184 e. The van der Waals surface area contributed by atoms with Gasteiger partial charge in [0.2, 0.25) is 0 Å². The van der Waals surface area contributed by atoms with Crippen LogP contribution in [0.3, 0.4) is 0 Å². The van der Waals surface area contributed by atoms with Gasteiger partial charge in [0, 0.05) is 0 Å². The number of hydrogen-bond acceptors (Lipinski definition) is 0. The molecule has 0 radical (unpaired) electrons. The Bertz CT molecular complexity index is 344. The van der Waals surface area contributed by atoms with Gasteiger partial charge in [-0.3, -0.25) is 0 Å². The van der Waals surface area contributed by atoms with Crippen LogP contribution in [-0.4, -0.2) is 0 Å². The van der Waals surface area contributed by atoms with E-state index in [0.717, 1.165) is 0 Å². The van der Waals surface area contributed by atoms with E-state index in [1.807, 2.05) is 12.1 Å².